The first-order valence-corrected chi connectivity index (χ1v) is 14.2. The number of rotatable bonds is 11. The predicted molar refractivity (Wildman–Crippen MR) is 169 cm³/mol. The third-order valence-corrected chi connectivity index (χ3v) is 6.92. The number of nitrogens with zero attached hydrogens (tertiary/aromatic N) is 1. The molecular weight excluding hydrogens is 570 g/mol. The van der Waals surface area contributed by atoms with E-state index in [9.17, 15) is 14.4 Å². The minimum absolute atomic E-state index is 0.0463. The van der Waals surface area contributed by atoms with Crippen molar-refractivity contribution < 1.29 is 29.0 Å². The lowest BCUT2D eigenvalue weighted by Gasteiger charge is -2.18. The number of carbonyl (C=O) groups is 4. The van der Waals surface area contributed by atoms with E-state index in [-0.39, 0.29) is 36.9 Å². The Morgan fingerprint density at radius 2 is 1.91 bits per heavy atom. The van der Waals surface area contributed by atoms with Crippen molar-refractivity contribution in [2.45, 2.75) is 31.9 Å². The van der Waals surface area contributed by atoms with E-state index >= 15 is 0 Å². The Hall–Kier alpha value is -4.65. The molecule has 43 heavy (non-hydrogen) atoms. The van der Waals surface area contributed by atoms with Crippen LogP contribution in [0.15, 0.2) is 71.0 Å². The Kier molecular flexibility index (Phi) is 15.0. The second-order valence-corrected chi connectivity index (χ2v) is 10.1. The summed E-state index contributed by atoms with van der Waals surface area (Å²) in [6.45, 7) is 2.34. The topological polar surface area (TPSA) is 176 Å². The summed E-state index contributed by atoms with van der Waals surface area (Å²) in [6.07, 6.45) is 4.92. The third kappa shape index (κ3) is 12.0. The van der Waals surface area contributed by atoms with Crippen molar-refractivity contribution >= 4 is 47.8 Å². The van der Waals surface area contributed by atoms with Gasteiger partial charge in [0.2, 0.25) is 5.91 Å². The van der Waals surface area contributed by atoms with E-state index in [4.69, 9.17) is 15.6 Å². The number of hydrogen-bond donors (Lipinski definition) is 5. The van der Waals surface area contributed by atoms with Crippen LogP contribution in [0.2, 0.25) is 0 Å². The van der Waals surface area contributed by atoms with Gasteiger partial charge in [-0.1, -0.05) is 24.3 Å². The molecule has 1 aromatic heterocycles. The zero-order valence-corrected chi connectivity index (χ0v) is 25.1. The zero-order chi connectivity index (χ0) is 31.6. The summed E-state index contributed by atoms with van der Waals surface area (Å²) < 4.78 is 4.49. The van der Waals surface area contributed by atoms with Gasteiger partial charge < -0.3 is 25.7 Å². The molecule has 0 spiro atoms. The van der Waals surface area contributed by atoms with Gasteiger partial charge in [0.05, 0.1) is 12.6 Å². The highest BCUT2D eigenvalue weighted by Crippen LogP contribution is 2.30. The lowest BCUT2D eigenvalue weighted by atomic mass is 9.97. The number of hydrazine groups is 1. The molecule has 0 radical (unpaired) electrons. The third-order valence-electron chi connectivity index (χ3n) is 6.00. The van der Waals surface area contributed by atoms with Crippen LogP contribution in [0.25, 0.3) is 16.1 Å². The second-order valence-electron chi connectivity index (χ2n) is 9.11. The summed E-state index contributed by atoms with van der Waals surface area (Å²) >= 11 is 1.65. The van der Waals surface area contributed by atoms with Gasteiger partial charge in [-0.3, -0.25) is 24.8 Å². The van der Waals surface area contributed by atoms with Gasteiger partial charge in [-0.25, -0.2) is 5.43 Å². The largest absolute Gasteiger partial charge is 0.483 e. The monoisotopic (exact) mass is 607 g/mol. The van der Waals surface area contributed by atoms with E-state index in [1.165, 1.54) is 0 Å². The van der Waals surface area contributed by atoms with Crippen LogP contribution in [-0.4, -0.2) is 62.7 Å². The van der Waals surface area contributed by atoms with Gasteiger partial charge in [0.25, 0.3) is 12.4 Å². The SMILES string of the molecule is CN=C/C=C(\N)c1cc(-c2cccs2)cc(C(C)NC(=O)c2ccccc2CCC(=O)NNC)c1.O=CC1CO1.O=CO. The highest BCUT2D eigenvalue weighted by molar-refractivity contribution is 7.13. The summed E-state index contributed by atoms with van der Waals surface area (Å²) in [6, 6.07) is 17.3. The molecule has 2 amide bonds. The van der Waals surface area contributed by atoms with Crippen molar-refractivity contribution in [3.8, 4) is 10.4 Å². The number of aryl methyl sites for hydroxylation is 1. The molecule has 0 aliphatic carbocycles. The molecule has 1 saturated heterocycles. The minimum atomic E-state index is -0.269. The number of allylic oxidation sites excluding steroid dienone is 1. The van der Waals surface area contributed by atoms with Gasteiger partial charge in [-0.2, -0.15) is 0 Å². The Bertz CT molecular complexity index is 1400. The Morgan fingerprint density at radius 1 is 1.19 bits per heavy atom. The van der Waals surface area contributed by atoms with Crippen molar-refractivity contribution in [1.82, 2.24) is 16.2 Å². The fourth-order valence-corrected chi connectivity index (χ4v) is 4.52. The average molecular weight is 608 g/mol. The van der Waals surface area contributed by atoms with Gasteiger partial charge in [-0.05, 0) is 77.4 Å². The number of ether oxygens (including phenoxy) is 1. The summed E-state index contributed by atoms with van der Waals surface area (Å²) in [4.78, 5) is 48.0. The maximum absolute atomic E-state index is 13.2. The first-order valence-electron chi connectivity index (χ1n) is 13.3. The lowest BCUT2D eigenvalue weighted by molar-refractivity contribution is -0.123. The Labute approximate surface area is 254 Å². The number of nitrogens with one attached hydrogen (secondary N) is 3. The molecule has 228 valence electrons. The van der Waals surface area contributed by atoms with Gasteiger partial charge in [0.1, 0.15) is 6.10 Å². The van der Waals surface area contributed by atoms with Crippen molar-refractivity contribution in [2.75, 3.05) is 20.7 Å². The summed E-state index contributed by atoms with van der Waals surface area (Å²) in [5, 5.41) is 12.0. The number of carbonyl (C=O) groups excluding carboxylic acids is 3. The standard InChI is InChI=1S/C27H31N5O2S.C3H4O2.CH2O2/c1-18(31-27(34)23-8-5-4-7-19(23)10-11-26(33)32-30-3)20-15-21(24(28)12-13-29-2)17-22(16-20)25-9-6-14-35-25;4-1-3-2-5-3;2-1-3/h4-9,12-18,30H,10-11,28H2,1-3H3,(H,31,34)(H,32,33);1,3H,2H2;1H,(H,2,3)/b24-12-,29-13?;;. The highest BCUT2D eigenvalue weighted by atomic mass is 32.1. The molecule has 11 nitrogen and oxygen atoms in total. The maximum Gasteiger partial charge on any atom is 0.290 e. The van der Waals surface area contributed by atoms with Crippen LogP contribution in [0.3, 0.4) is 0 Å². The van der Waals surface area contributed by atoms with Gasteiger partial charge >= 0.3 is 0 Å². The highest BCUT2D eigenvalue weighted by Gasteiger charge is 2.20. The van der Waals surface area contributed by atoms with Gasteiger partial charge in [0, 0.05) is 42.9 Å². The molecule has 3 aromatic rings. The number of aliphatic imine (C=N–C) groups is 1. The van der Waals surface area contributed by atoms with E-state index in [1.54, 1.807) is 43.8 Å². The van der Waals surface area contributed by atoms with Crippen molar-refractivity contribution in [1.29, 1.82) is 0 Å². The molecule has 1 aliphatic rings. The smallest absolute Gasteiger partial charge is 0.290 e. The predicted octanol–water partition coefficient (Wildman–Crippen LogP) is 3.37. The Balaban J connectivity index is 0.000000705. The molecule has 1 aliphatic heterocycles. The fraction of sp³-hybridized carbons (Fsp3) is 0.258. The normalized spacial score (nSPS) is 14.3. The maximum atomic E-state index is 13.2. The number of benzene rings is 2. The molecule has 2 unspecified atom stereocenters. The molecule has 2 aromatic carbocycles. The van der Waals surface area contributed by atoms with Crippen LogP contribution < -0.4 is 21.9 Å². The minimum Gasteiger partial charge on any atom is -0.483 e. The van der Waals surface area contributed by atoms with Crippen molar-refractivity contribution in [2.24, 2.45) is 10.7 Å². The Morgan fingerprint density at radius 3 is 2.49 bits per heavy atom. The number of epoxide rings is 1. The van der Waals surface area contributed by atoms with Crippen LogP contribution in [0.5, 0.6) is 0 Å². The molecule has 6 N–H and O–H groups in total. The average Bonchev–Trinajstić information content (AvgIpc) is 3.70. The molecule has 0 saturated carbocycles. The van der Waals surface area contributed by atoms with Crippen LogP contribution in [0, 0.1) is 0 Å². The number of nitrogens with two attached hydrogens (primary N) is 1. The van der Waals surface area contributed by atoms with E-state index in [0.29, 0.717) is 24.3 Å². The number of carboxylic acid groups (broad SMARTS) is 1. The quantitative estimate of drug-likeness (QED) is 0.0954. The van der Waals surface area contributed by atoms with Crippen LogP contribution in [-0.2, 0) is 25.5 Å². The van der Waals surface area contributed by atoms with E-state index in [1.807, 2.05) is 48.7 Å². The second kappa shape index (κ2) is 18.7. The summed E-state index contributed by atoms with van der Waals surface area (Å²) in [5.74, 6) is -0.320. The van der Waals surface area contributed by atoms with Crippen LogP contribution >= 0.6 is 11.3 Å². The lowest BCUT2D eigenvalue weighted by Crippen LogP contribution is -2.34. The van der Waals surface area contributed by atoms with Gasteiger partial charge in [-0.15, -0.1) is 11.3 Å². The molecule has 2 atom stereocenters. The number of amides is 2. The van der Waals surface area contributed by atoms with Crippen LogP contribution in [0.1, 0.15) is 46.4 Å². The number of aldehydes is 1. The molecule has 12 heteroatoms. The van der Waals surface area contributed by atoms with E-state index < -0.39 is 0 Å². The first kappa shape index (κ1) is 34.6. The molecule has 4 rings (SSSR count). The molecule has 2 heterocycles. The van der Waals surface area contributed by atoms with E-state index in [0.717, 1.165) is 33.4 Å². The summed E-state index contributed by atoms with van der Waals surface area (Å²) in [7, 11) is 3.33. The van der Waals surface area contributed by atoms with Crippen LogP contribution in [0.4, 0.5) is 0 Å². The zero-order valence-electron chi connectivity index (χ0n) is 24.3. The molecule has 1 fully saturated rings. The molecular formula is C31H37N5O6S. The number of hydrogen-bond acceptors (Lipinski definition) is 9. The van der Waals surface area contributed by atoms with Crippen molar-refractivity contribution in [3.05, 3.63) is 88.3 Å². The molecule has 0 bridgehead atoms. The van der Waals surface area contributed by atoms with Crippen molar-refractivity contribution in [3.63, 3.8) is 0 Å². The number of thiophene rings is 1. The van der Waals surface area contributed by atoms with E-state index in [2.05, 4.69) is 38.0 Å². The summed E-state index contributed by atoms with van der Waals surface area (Å²) in [5.41, 5.74) is 16.3. The fourth-order valence-electron chi connectivity index (χ4n) is 3.81. The van der Waals surface area contributed by atoms with Gasteiger partial charge in [0.15, 0.2) is 6.29 Å². The first-order chi connectivity index (χ1) is 20.8.